The van der Waals surface area contributed by atoms with Crippen LogP contribution in [0.4, 0.5) is 8.78 Å². The van der Waals surface area contributed by atoms with E-state index in [1.165, 1.54) is 29.2 Å². The maximum absolute atomic E-state index is 15.3. The number of hydrogen-bond acceptors (Lipinski definition) is 5. The summed E-state index contributed by atoms with van der Waals surface area (Å²) >= 11 is 1.23. The fraction of sp³-hybridized carbons (Fsp3) is 0.500. The summed E-state index contributed by atoms with van der Waals surface area (Å²) in [5.41, 5.74) is 1.56. The molecule has 192 valence electrons. The number of likely N-dealkylation sites (tertiary alicyclic amines) is 1. The van der Waals surface area contributed by atoms with E-state index in [1.54, 1.807) is 25.4 Å². The molecule has 0 saturated carbocycles. The van der Waals surface area contributed by atoms with Gasteiger partial charge in [0.05, 0.1) is 10.6 Å². The summed E-state index contributed by atoms with van der Waals surface area (Å²) in [4.78, 5) is 25.7. The lowest BCUT2D eigenvalue weighted by atomic mass is 10.1. The molecule has 0 spiro atoms. The van der Waals surface area contributed by atoms with Crippen LogP contribution < -0.4 is 5.32 Å². The number of carbonyl (C=O) groups is 1. The maximum atomic E-state index is 15.3. The van der Waals surface area contributed by atoms with Crippen molar-refractivity contribution in [3.8, 4) is 0 Å². The van der Waals surface area contributed by atoms with E-state index >= 15 is 4.39 Å². The lowest BCUT2D eigenvalue weighted by Crippen LogP contribution is -2.35. The minimum Gasteiger partial charge on any atom is -0.394 e. The molecule has 0 radical (unpaired) electrons. The van der Waals surface area contributed by atoms with Crippen LogP contribution in [0.25, 0.3) is 0 Å². The average Bonchev–Trinajstić information content (AvgIpc) is 2.88. The van der Waals surface area contributed by atoms with Crippen molar-refractivity contribution in [1.82, 2.24) is 15.1 Å². The van der Waals surface area contributed by atoms with Crippen LogP contribution in [0, 0.1) is 0 Å². The lowest BCUT2D eigenvalue weighted by molar-refractivity contribution is -0.125. The van der Waals surface area contributed by atoms with Gasteiger partial charge in [0.2, 0.25) is 5.95 Å². The zero-order valence-electron chi connectivity index (χ0n) is 20.9. The van der Waals surface area contributed by atoms with Crippen LogP contribution in [0.2, 0.25) is 0 Å². The smallest absolute Gasteiger partial charge is 0.266 e. The van der Waals surface area contributed by atoms with E-state index in [0.29, 0.717) is 53.5 Å². The normalized spacial score (nSPS) is 18.8. The van der Waals surface area contributed by atoms with Gasteiger partial charge >= 0.3 is 0 Å². The number of thioether (sulfide) groups is 1. The summed E-state index contributed by atoms with van der Waals surface area (Å²) in [5.74, 6) is 0.156. The molecule has 1 saturated heterocycles. The minimum atomic E-state index is -0.693. The lowest BCUT2D eigenvalue weighted by Gasteiger charge is -2.30. The Bertz CT molecular complexity index is 917. The number of carbonyl (C=O) groups excluding carboxylic acids is 1. The highest BCUT2D eigenvalue weighted by molar-refractivity contribution is 8.04. The molecule has 9 heteroatoms. The predicted octanol–water partition coefficient (Wildman–Crippen LogP) is 5.50. The molecule has 6 nitrogen and oxygen atoms in total. The number of alkyl halides is 1. The topological polar surface area (TPSA) is 60.3 Å². The number of aliphatic imine (C=N–C) groups is 2. The Morgan fingerprint density at radius 2 is 2.00 bits per heavy atom. The number of amides is 1. The molecule has 0 bridgehead atoms. The Hall–Kier alpha value is -2.68. The zero-order valence-corrected chi connectivity index (χ0v) is 21.7. The van der Waals surface area contributed by atoms with Crippen molar-refractivity contribution >= 4 is 30.2 Å². The zero-order chi connectivity index (χ0) is 25.6. The van der Waals surface area contributed by atoms with Crippen molar-refractivity contribution in [2.24, 2.45) is 9.98 Å². The second kappa shape index (κ2) is 15.3. The third-order valence-corrected chi connectivity index (χ3v) is 7.06. The largest absolute Gasteiger partial charge is 0.394 e. The average molecular weight is 506 g/mol. The fourth-order valence-electron chi connectivity index (χ4n) is 3.92. The minimum absolute atomic E-state index is 0.260. The molecule has 2 aliphatic rings. The van der Waals surface area contributed by atoms with E-state index in [-0.39, 0.29) is 11.7 Å². The van der Waals surface area contributed by atoms with Gasteiger partial charge in [-0.2, -0.15) is 4.39 Å². The first kappa shape index (κ1) is 28.6. The maximum Gasteiger partial charge on any atom is 0.266 e. The van der Waals surface area contributed by atoms with Gasteiger partial charge < -0.3 is 15.1 Å². The first-order valence-corrected chi connectivity index (χ1v) is 13.0. The Kier molecular flexibility index (Phi) is 12.5. The number of rotatable bonds is 12. The van der Waals surface area contributed by atoms with Gasteiger partial charge in [-0.05, 0) is 56.3 Å². The standard InChI is InChI=1S/C26H37F2N5OS/c1-5-10-23(32-16-8-7-9-17-32)31-25(28)20(6-2)19-35-24-22(30-4)13-18-33(26(24)34)21(11-14-27)12-15-29-3/h5,11-12,15,29H,1,4,6-10,13-14,16-19H2,2-3H3/b15-12-,21-11+,25-20+,31-23+. The van der Waals surface area contributed by atoms with E-state index in [4.69, 9.17) is 0 Å². The molecule has 0 aliphatic carbocycles. The van der Waals surface area contributed by atoms with Crippen molar-refractivity contribution in [2.45, 2.75) is 45.4 Å². The van der Waals surface area contributed by atoms with Gasteiger partial charge in [-0.3, -0.25) is 9.79 Å². The highest BCUT2D eigenvalue weighted by atomic mass is 32.2. The SMILES string of the molecule is C=CC/C(=N\C(F)=C(/CC)CSC1=C(N=C)CCN(C(/C=C\NC)=C/CF)C1=O)N1CCCCC1. The fourth-order valence-corrected chi connectivity index (χ4v) is 5.13. The third-order valence-electron chi connectivity index (χ3n) is 5.87. The van der Waals surface area contributed by atoms with Gasteiger partial charge in [0.25, 0.3) is 5.91 Å². The van der Waals surface area contributed by atoms with Crippen LogP contribution in [0.3, 0.4) is 0 Å². The van der Waals surface area contributed by atoms with Gasteiger partial charge in [-0.15, -0.1) is 18.3 Å². The van der Waals surface area contributed by atoms with Crippen LogP contribution >= 0.6 is 11.8 Å². The molecular weight excluding hydrogens is 468 g/mol. The molecule has 35 heavy (non-hydrogen) atoms. The first-order chi connectivity index (χ1) is 17.0. The van der Waals surface area contributed by atoms with Gasteiger partial charge in [0.15, 0.2) is 0 Å². The second-order valence-electron chi connectivity index (χ2n) is 8.15. The Labute approximate surface area is 212 Å². The first-order valence-electron chi connectivity index (χ1n) is 12.1. The molecule has 0 aromatic carbocycles. The van der Waals surface area contributed by atoms with Crippen LogP contribution in [0.5, 0.6) is 0 Å². The predicted molar refractivity (Wildman–Crippen MR) is 144 cm³/mol. The van der Waals surface area contributed by atoms with Gasteiger partial charge in [-0.1, -0.05) is 13.0 Å². The van der Waals surface area contributed by atoms with E-state index < -0.39 is 12.6 Å². The molecule has 0 aromatic rings. The number of nitrogens with zero attached hydrogens (tertiary/aromatic N) is 4. The van der Waals surface area contributed by atoms with Crippen molar-refractivity contribution in [2.75, 3.05) is 39.1 Å². The van der Waals surface area contributed by atoms with E-state index in [1.807, 2.05) is 6.92 Å². The number of piperidine rings is 1. The van der Waals surface area contributed by atoms with Crippen molar-refractivity contribution in [1.29, 1.82) is 0 Å². The monoisotopic (exact) mass is 505 g/mol. The summed E-state index contributed by atoms with van der Waals surface area (Å²) < 4.78 is 28.4. The Morgan fingerprint density at radius 3 is 2.60 bits per heavy atom. The van der Waals surface area contributed by atoms with Crippen LogP contribution in [0.1, 0.15) is 45.4 Å². The van der Waals surface area contributed by atoms with Gasteiger partial charge in [0.1, 0.15) is 12.5 Å². The number of amidine groups is 1. The summed E-state index contributed by atoms with van der Waals surface area (Å²) in [7, 11) is 1.73. The molecule has 2 rings (SSSR count). The molecule has 0 unspecified atom stereocenters. The molecule has 2 aliphatic heterocycles. The molecule has 0 atom stereocenters. The van der Waals surface area contributed by atoms with E-state index in [2.05, 4.69) is 33.5 Å². The molecule has 0 aromatic heterocycles. The van der Waals surface area contributed by atoms with Crippen LogP contribution in [-0.2, 0) is 4.79 Å². The summed E-state index contributed by atoms with van der Waals surface area (Å²) in [6.07, 6.45) is 11.2. The number of halogens is 2. The molecule has 2 heterocycles. The Morgan fingerprint density at radius 1 is 1.26 bits per heavy atom. The molecular formula is C26H37F2N5OS. The highest BCUT2D eigenvalue weighted by Crippen LogP contribution is 2.33. The van der Waals surface area contributed by atoms with Crippen molar-refractivity contribution in [3.05, 3.63) is 58.8 Å². The van der Waals surface area contributed by atoms with Crippen molar-refractivity contribution in [3.63, 3.8) is 0 Å². The summed E-state index contributed by atoms with van der Waals surface area (Å²) in [6, 6.07) is 0. The van der Waals surface area contributed by atoms with E-state index in [9.17, 15) is 9.18 Å². The number of hydrogen-bond donors (Lipinski definition) is 1. The van der Waals surface area contributed by atoms with Gasteiger partial charge in [0, 0.05) is 51.0 Å². The molecule has 1 fully saturated rings. The molecule has 1 amide bonds. The Balaban J connectivity index is 2.27. The van der Waals surface area contributed by atoms with Gasteiger partial charge in [-0.25, -0.2) is 9.38 Å². The second-order valence-corrected chi connectivity index (χ2v) is 9.14. The number of nitrogens with one attached hydrogen (secondary N) is 1. The van der Waals surface area contributed by atoms with Crippen LogP contribution in [-0.4, -0.2) is 67.4 Å². The quantitative estimate of drug-likeness (QED) is 0.125. The molecule has 1 N–H and O–H groups in total. The summed E-state index contributed by atoms with van der Waals surface area (Å²) in [6.45, 7) is 10.7. The van der Waals surface area contributed by atoms with Crippen LogP contribution in [0.15, 0.2) is 68.8 Å². The third kappa shape index (κ3) is 8.19. The number of allylic oxidation sites excluding steroid dienone is 2. The van der Waals surface area contributed by atoms with Crippen molar-refractivity contribution < 1.29 is 13.6 Å². The summed E-state index contributed by atoms with van der Waals surface area (Å²) in [5, 5.41) is 2.85. The highest BCUT2D eigenvalue weighted by Gasteiger charge is 2.29. The van der Waals surface area contributed by atoms with E-state index in [0.717, 1.165) is 25.9 Å².